The predicted octanol–water partition coefficient (Wildman–Crippen LogP) is 3.50. The second kappa shape index (κ2) is 7.36. The van der Waals surface area contributed by atoms with Gasteiger partial charge in [0.05, 0.1) is 5.52 Å². The highest BCUT2D eigenvalue weighted by Crippen LogP contribution is 2.20. The molecule has 0 fully saturated rings. The van der Waals surface area contributed by atoms with Crippen molar-refractivity contribution in [3.8, 4) is 0 Å². The standard InChI is InChI=1S/C20H23N3/c1-16-13-18(19-9-5-6-10-20(19)22-16)15-23(12-11-21)14-17-7-3-2-4-8-17/h2-10,13H,11-12,14-15,21H2,1H3. The number of aryl methyl sites for hydroxylation is 1. The van der Waals surface area contributed by atoms with Crippen LogP contribution in [0.3, 0.4) is 0 Å². The lowest BCUT2D eigenvalue weighted by atomic mass is 10.1. The summed E-state index contributed by atoms with van der Waals surface area (Å²) in [7, 11) is 0. The quantitative estimate of drug-likeness (QED) is 0.758. The van der Waals surface area contributed by atoms with E-state index in [1.54, 1.807) is 0 Å². The molecule has 2 N–H and O–H groups in total. The van der Waals surface area contributed by atoms with Crippen LogP contribution in [0.4, 0.5) is 0 Å². The highest BCUT2D eigenvalue weighted by Gasteiger charge is 2.10. The maximum atomic E-state index is 5.83. The Morgan fingerprint density at radius 1 is 0.957 bits per heavy atom. The number of fused-ring (bicyclic) bond motifs is 1. The van der Waals surface area contributed by atoms with Crippen molar-refractivity contribution < 1.29 is 0 Å². The monoisotopic (exact) mass is 305 g/mol. The van der Waals surface area contributed by atoms with Gasteiger partial charge in [-0.05, 0) is 30.2 Å². The van der Waals surface area contributed by atoms with Gasteiger partial charge in [0.1, 0.15) is 0 Å². The van der Waals surface area contributed by atoms with Crippen molar-refractivity contribution >= 4 is 10.9 Å². The second-order valence-corrected chi connectivity index (χ2v) is 5.92. The van der Waals surface area contributed by atoms with Crippen LogP contribution >= 0.6 is 0 Å². The summed E-state index contributed by atoms with van der Waals surface area (Å²) in [5.74, 6) is 0. The van der Waals surface area contributed by atoms with E-state index in [0.717, 1.165) is 30.8 Å². The molecule has 0 bridgehead atoms. The lowest BCUT2D eigenvalue weighted by Gasteiger charge is -2.23. The van der Waals surface area contributed by atoms with E-state index in [1.165, 1.54) is 16.5 Å². The fourth-order valence-corrected chi connectivity index (χ4v) is 3.00. The number of nitrogens with zero attached hydrogens (tertiary/aromatic N) is 2. The molecule has 3 rings (SSSR count). The highest BCUT2D eigenvalue weighted by molar-refractivity contribution is 5.82. The molecule has 3 heteroatoms. The fraction of sp³-hybridized carbons (Fsp3) is 0.250. The summed E-state index contributed by atoms with van der Waals surface area (Å²) in [5.41, 5.74) is 10.6. The summed E-state index contributed by atoms with van der Waals surface area (Å²) in [6.07, 6.45) is 0. The molecule has 0 spiro atoms. The van der Waals surface area contributed by atoms with E-state index < -0.39 is 0 Å². The summed E-state index contributed by atoms with van der Waals surface area (Å²) in [6, 6.07) is 21.1. The van der Waals surface area contributed by atoms with Gasteiger partial charge in [0.15, 0.2) is 0 Å². The Morgan fingerprint density at radius 2 is 1.70 bits per heavy atom. The number of nitrogens with two attached hydrogens (primary N) is 1. The molecule has 3 nitrogen and oxygen atoms in total. The Labute approximate surface area is 137 Å². The summed E-state index contributed by atoms with van der Waals surface area (Å²) in [5, 5.41) is 1.23. The first-order chi connectivity index (χ1) is 11.3. The van der Waals surface area contributed by atoms with Gasteiger partial charge >= 0.3 is 0 Å². The first kappa shape index (κ1) is 15.7. The molecular weight excluding hydrogens is 282 g/mol. The molecule has 0 aliphatic carbocycles. The maximum Gasteiger partial charge on any atom is 0.0708 e. The molecule has 23 heavy (non-hydrogen) atoms. The molecule has 0 unspecified atom stereocenters. The highest BCUT2D eigenvalue weighted by atomic mass is 15.1. The van der Waals surface area contributed by atoms with Gasteiger partial charge in [-0.15, -0.1) is 0 Å². The number of para-hydroxylation sites is 1. The Kier molecular flexibility index (Phi) is 5.01. The summed E-state index contributed by atoms with van der Waals surface area (Å²) >= 11 is 0. The van der Waals surface area contributed by atoms with Crippen LogP contribution in [0.5, 0.6) is 0 Å². The fourth-order valence-electron chi connectivity index (χ4n) is 3.00. The minimum Gasteiger partial charge on any atom is -0.329 e. The van der Waals surface area contributed by atoms with Gasteiger partial charge in [-0.2, -0.15) is 0 Å². The van der Waals surface area contributed by atoms with Gasteiger partial charge in [-0.1, -0.05) is 48.5 Å². The lowest BCUT2D eigenvalue weighted by molar-refractivity contribution is 0.265. The van der Waals surface area contributed by atoms with Gasteiger partial charge in [-0.3, -0.25) is 9.88 Å². The normalized spacial score (nSPS) is 11.3. The number of hydrogen-bond donors (Lipinski definition) is 1. The Bertz CT molecular complexity index is 768. The molecule has 0 aliphatic heterocycles. The van der Waals surface area contributed by atoms with Gasteiger partial charge in [-0.25, -0.2) is 0 Å². The van der Waals surface area contributed by atoms with Crippen molar-refractivity contribution in [3.05, 3.63) is 77.5 Å². The van der Waals surface area contributed by atoms with Crippen LogP contribution in [-0.2, 0) is 13.1 Å². The van der Waals surface area contributed by atoms with Gasteiger partial charge < -0.3 is 5.73 Å². The number of rotatable bonds is 6. The third-order valence-corrected chi connectivity index (χ3v) is 4.02. The average molecular weight is 305 g/mol. The first-order valence-corrected chi connectivity index (χ1v) is 8.08. The zero-order valence-electron chi connectivity index (χ0n) is 13.6. The Morgan fingerprint density at radius 3 is 2.48 bits per heavy atom. The molecule has 2 aromatic carbocycles. The summed E-state index contributed by atoms with van der Waals surface area (Å²) in [6.45, 7) is 5.39. The Balaban J connectivity index is 1.88. The van der Waals surface area contributed by atoms with Gasteiger partial charge in [0.25, 0.3) is 0 Å². The molecule has 0 amide bonds. The largest absolute Gasteiger partial charge is 0.329 e. The average Bonchev–Trinajstić information content (AvgIpc) is 2.56. The lowest BCUT2D eigenvalue weighted by Crippen LogP contribution is -2.28. The molecule has 118 valence electrons. The molecule has 0 saturated heterocycles. The van der Waals surface area contributed by atoms with E-state index in [0.29, 0.717) is 6.54 Å². The molecule has 0 saturated carbocycles. The topological polar surface area (TPSA) is 42.1 Å². The van der Waals surface area contributed by atoms with E-state index in [2.05, 4.69) is 71.4 Å². The third-order valence-electron chi connectivity index (χ3n) is 4.02. The van der Waals surface area contributed by atoms with Crippen molar-refractivity contribution in [1.29, 1.82) is 0 Å². The van der Waals surface area contributed by atoms with Crippen LogP contribution < -0.4 is 5.73 Å². The number of pyridine rings is 1. The van der Waals surface area contributed by atoms with E-state index >= 15 is 0 Å². The SMILES string of the molecule is Cc1cc(CN(CCN)Cc2ccccc2)c2ccccc2n1. The molecule has 3 aromatic rings. The minimum atomic E-state index is 0.662. The van der Waals surface area contributed by atoms with E-state index in [-0.39, 0.29) is 0 Å². The zero-order valence-corrected chi connectivity index (χ0v) is 13.6. The van der Waals surface area contributed by atoms with Crippen LogP contribution in [0, 0.1) is 6.92 Å². The van der Waals surface area contributed by atoms with Crippen molar-refractivity contribution in [2.24, 2.45) is 5.73 Å². The molecule has 1 heterocycles. The van der Waals surface area contributed by atoms with Crippen LogP contribution in [0.2, 0.25) is 0 Å². The Hall–Kier alpha value is -2.23. The van der Waals surface area contributed by atoms with Crippen LogP contribution in [0.25, 0.3) is 10.9 Å². The van der Waals surface area contributed by atoms with E-state index in [9.17, 15) is 0 Å². The second-order valence-electron chi connectivity index (χ2n) is 5.92. The minimum absolute atomic E-state index is 0.662. The smallest absolute Gasteiger partial charge is 0.0708 e. The van der Waals surface area contributed by atoms with E-state index in [4.69, 9.17) is 5.73 Å². The van der Waals surface area contributed by atoms with Crippen molar-refractivity contribution in [1.82, 2.24) is 9.88 Å². The third kappa shape index (κ3) is 3.95. The van der Waals surface area contributed by atoms with E-state index in [1.807, 2.05) is 6.07 Å². The summed E-state index contributed by atoms with van der Waals surface area (Å²) in [4.78, 5) is 7.03. The van der Waals surface area contributed by atoms with Crippen LogP contribution in [0.1, 0.15) is 16.8 Å². The molecule has 0 aliphatic rings. The van der Waals surface area contributed by atoms with Gasteiger partial charge in [0.2, 0.25) is 0 Å². The number of aromatic nitrogens is 1. The number of benzene rings is 2. The molecule has 1 aromatic heterocycles. The van der Waals surface area contributed by atoms with Gasteiger partial charge in [0, 0.05) is 37.3 Å². The maximum absolute atomic E-state index is 5.83. The van der Waals surface area contributed by atoms with Crippen molar-refractivity contribution in [3.63, 3.8) is 0 Å². The molecular formula is C20H23N3. The van der Waals surface area contributed by atoms with Crippen LogP contribution in [0.15, 0.2) is 60.7 Å². The zero-order chi connectivity index (χ0) is 16.1. The molecule has 0 radical (unpaired) electrons. The van der Waals surface area contributed by atoms with Crippen molar-refractivity contribution in [2.75, 3.05) is 13.1 Å². The van der Waals surface area contributed by atoms with Crippen LogP contribution in [-0.4, -0.2) is 23.0 Å². The molecule has 0 atom stereocenters. The summed E-state index contributed by atoms with van der Waals surface area (Å²) < 4.78 is 0. The number of hydrogen-bond acceptors (Lipinski definition) is 3. The van der Waals surface area contributed by atoms with Crippen molar-refractivity contribution in [2.45, 2.75) is 20.0 Å². The first-order valence-electron chi connectivity index (χ1n) is 8.08. The predicted molar refractivity (Wildman–Crippen MR) is 96.1 cm³/mol.